The molecule has 1 amide bonds. The summed E-state index contributed by atoms with van der Waals surface area (Å²) < 4.78 is 0. The van der Waals surface area contributed by atoms with Gasteiger partial charge in [0.25, 0.3) is 0 Å². The highest BCUT2D eigenvalue weighted by Crippen LogP contribution is 2.26. The van der Waals surface area contributed by atoms with Gasteiger partial charge < -0.3 is 10.4 Å². The van der Waals surface area contributed by atoms with E-state index in [2.05, 4.69) is 21.3 Å². The molecule has 5 nitrogen and oxygen atoms in total. The number of hydrogen-bond acceptors (Lipinski definition) is 4. The van der Waals surface area contributed by atoms with Crippen molar-refractivity contribution in [1.82, 2.24) is 15.2 Å². The lowest BCUT2D eigenvalue weighted by molar-refractivity contribution is -0.126. The van der Waals surface area contributed by atoms with Crippen LogP contribution in [-0.4, -0.2) is 46.1 Å². The summed E-state index contributed by atoms with van der Waals surface area (Å²) in [5.41, 5.74) is 1.10. The lowest BCUT2D eigenvalue weighted by Crippen LogP contribution is -2.45. The zero-order valence-corrected chi connectivity index (χ0v) is 12.9. The Labute approximate surface area is 131 Å². The van der Waals surface area contributed by atoms with Crippen LogP contribution in [0, 0.1) is 5.92 Å². The summed E-state index contributed by atoms with van der Waals surface area (Å²) in [6.07, 6.45) is 5.76. The van der Waals surface area contributed by atoms with E-state index < -0.39 is 0 Å². The van der Waals surface area contributed by atoms with Crippen LogP contribution in [0.25, 0.3) is 0 Å². The molecule has 2 N–H and O–H groups in total. The molecule has 1 aromatic rings. The third-order valence-corrected chi connectivity index (χ3v) is 4.82. The number of aromatic nitrogens is 1. The molecule has 0 bridgehead atoms. The van der Waals surface area contributed by atoms with E-state index in [1.54, 1.807) is 0 Å². The van der Waals surface area contributed by atoms with Gasteiger partial charge in [-0.05, 0) is 44.2 Å². The van der Waals surface area contributed by atoms with Crippen LogP contribution in [0.1, 0.15) is 37.8 Å². The number of aliphatic hydroxyl groups excluding tert-OH is 1. The van der Waals surface area contributed by atoms with Gasteiger partial charge in [0.15, 0.2) is 0 Å². The van der Waals surface area contributed by atoms with Gasteiger partial charge in [0.1, 0.15) is 0 Å². The van der Waals surface area contributed by atoms with Crippen LogP contribution in [0.4, 0.5) is 0 Å². The van der Waals surface area contributed by atoms with E-state index in [4.69, 9.17) is 0 Å². The van der Waals surface area contributed by atoms with Gasteiger partial charge in [0, 0.05) is 37.8 Å². The fourth-order valence-corrected chi connectivity index (χ4v) is 3.47. The maximum atomic E-state index is 12.2. The maximum Gasteiger partial charge on any atom is 0.223 e. The highest BCUT2D eigenvalue weighted by molar-refractivity contribution is 5.79. The van der Waals surface area contributed by atoms with Crippen LogP contribution >= 0.6 is 0 Å². The number of pyridine rings is 1. The molecule has 0 aromatic carbocycles. The lowest BCUT2D eigenvalue weighted by Gasteiger charge is -2.32. The predicted molar refractivity (Wildman–Crippen MR) is 84.0 cm³/mol. The second-order valence-electron chi connectivity index (χ2n) is 6.54. The Kier molecular flexibility index (Phi) is 5.05. The highest BCUT2D eigenvalue weighted by Gasteiger charge is 2.30. The van der Waals surface area contributed by atoms with Gasteiger partial charge in [-0.3, -0.25) is 14.7 Å². The van der Waals surface area contributed by atoms with Crippen molar-refractivity contribution in [2.45, 2.75) is 50.8 Å². The Bertz CT molecular complexity index is 486. The summed E-state index contributed by atoms with van der Waals surface area (Å²) in [6, 6.07) is 6.29. The Balaban J connectivity index is 1.41. The number of aliphatic hydroxyl groups is 1. The van der Waals surface area contributed by atoms with Crippen LogP contribution in [-0.2, 0) is 11.3 Å². The molecule has 1 aliphatic heterocycles. The normalized spacial score (nSPS) is 27.0. The van der Waals surface area contributed by atoms with Crippen LogP contribution in [0.3, 0.4) is 0 Å². The molecule has 120 valence electrons. The van der Waals surface area contributed by atoms with E-state index in [-0.39, 0.29) is 24.0 Å². The van der Waals surface area contributed by atoms with Crippen molar-refractivity contribution < 1.29 is 9.90 Å². The van der Waals surface area contributed by atoms with Crippen LogP contribution in [0.15, 0.2) is 24.4 Å². The molecule has 2 atom stereocenters. The number of hydrogen-bond donors (Lipinski definition) is 2. The summed E-state index contributed by atoms with van der Waals surface area (Å²) in [6.45, 7) is 2.87. The topological polar surface area (TPSA) is 65.5 Å². The first kappa shape index (κ1) is 15.4. The minimum atomic E-state index is -0.282. The van der Waals surface area contributed by atoms with Crippen molar-refractivity contribution in [2.75, 3.05) is 13.1 Å². The Hall–Kier alpha value is -1.46. The van der Waals surface area contributed by atoms with Crippen molar-refractivity contribution >= 4 is 5.91 Å². The summed E-state index contributed by atoms with van der Waals surface area (Å²) in [5.74, 6) is 0.154. The van der Waals surface area contributed by atoms with Gasteiger partial charge in [0.2, 0.25) is 5.91 Å². The molecule has 0 spiro atoms. The average Bonchev–Trinajstić information content (AvgIpc) is 2.97. The van der Waals surface area contributed by atoms with E-state index in [0.717, 1.165) is 51.0 Å². The smallest absolute Gasteiger partial charge is 0.223 e. The van der Waals surface area contributed by atoms with Crippen LogP contribution in [0.2, 0.25) is 0 Å². The van der Waals surface area contributed by atoms with Crippen molar-refractivity contribution in [3.63, 3.8) is 0 Å². The van der Waals surface area contributed by atoms with Gasteiger partial charge in [0.05, 0.1) is 11.8 Å². The predicted octanol–water partition coefficient (Wildman–Crippen LogP) is 1.32. The third-order valence-electron chi connectivity index (χ3n) is 4.82. The van der Waals surface area contributed by atoms with Crippen molar-refractivity contribution in [1.29, 1.82) is 0 Å². The molecule has 1 saturated carbocycles. The highest BCUT2D eigenvalue weighted by atomic mass is 16.3. The molecule has 3 rings (SSSR count). The van der Waals surface area contributed by atoms with Crippen molar-refractivity contribution in [2.24, 2.45) is 5.92 Å². The summed E-state index contributed by atoms with van der Waals surface area (Å²) in [7, 11) is 0. The largest absolute Gasteiger partial charge is 0.393 e. The molecule has 2 heterocycles. The SMILES string of the molecule is O=C(NC1CCN(Cc2ccccn2)CC1)[C@@H]1CC[C@@H](O)C1. The molecular weight excluding hydrogens is 278 g/mol. The first-order chi connectivity index (χ1) is 10.7. The van der Waals surface area contributed by atoms with Gasteiger partial charge in [-0.15, -0.1) is 0 Å². The van der Waals surface area contributed by atoms with Crippen molar-refractivity contribution in [3.05, 3.63) is 30.1 Å². The van der Waals surface area contributed by atoms with Gasteiger partial charge in [-0.1, -0.05) is 6.07 Å². The van der Waals surface area contributed by atoms with E-state index >= 15 is 0 Å². The quantitative estimate of drug-likeness (QED) is 0.880. The molecule has 5 heteroatoms. The Morgan fingerprint density at radius 3 is 2.73 bits per heavy atom. The van der Waals surface area contributed by atoms with E-state index in [0.29, 0.717) is 6.42 Å². The summed E-state index contributed by atoms with van der Waals surface area (Å²) >= 11 is 0. The third kappa shape index (κ3) is 4.05. The zero-order chi connectivity index (χ0) is 15.4. The van der Waals surface area contributed by atoms with Crippen LogP contribution < -0.4 is 5.32 Å². The summed E-state index contributed by atoms with van der Waals surface area (Å²) in [4.78, 5) is 18.9. The van der Waals surface area contributed by atoms with Gasteiger partial charge >= 0.3 is 0 Å². The molecule has 1 saturated heterocycles. The van der Waals surface area contributed by atoms with Crippen LogP contribution in [0.5, 0.6) is 0 Å². The Morgan fingerprint density at radius 2 is 2.09 bits per heavy atom. The molecule has 2 aliphatic rings. The average molecular weight is 303 g/mol. The second-order valence-corrected chi connectivity index (χ2v) is 6.54. The first-order valence-electron chi connectivity index (χ1n) is 8.31. The lowest BCUT2D eigenvalue weighted by atomic mass is 10.0. The fourth-order valence-electron chi connectivity index (χ4n) is 3.47. The number of carbonyl (C=O) groups is 1. The molecule has 0 radical (unpaired) electrons. The molecule has 1 aromatic heterocycles. The molecular formula is C17H25N3O2. The fraction of sp³-hybridized carbons (Fsp3) is 0.647. The monoisotopic (exact) mass is 303 g/mol. The number of nitrogens with zero attached hydrogens (tertiary/aromatic N) is 2. The minimum Gasteiger partial charge on any atom is -0.393 e. The standard InChI is InChI=1S/C17H25N3O2/c21-16-5-4-13(11-16)17(22)19-14-6-9-20(10-7-14)12-15-3-1-2-8-18-15/h1-3,8,13-14,16,21H,4-7,9-12H2,(H,19,22)/t13-,16-/m1/s1. The number of piperidine rings is 1. The number of nitrogens with one attached hydrogen (secondary N) is 1. The second kappa shape index (κ2) is 7.20. The van der Waals surface area contributed by atoms with Gasteiger partial charge in [-0.25, -0.2) is 0 Å². The number of likely N-dealkylation sites (tertiary alicyclic amines) is 1. The zero-order valence-electron chi connectivity index (χ0n) is 12.9. The molecule has 0 unspecified atom stereocenters. The minimum absolute atomic E-state index is 0.0153. The Morgan fingerprint density at radius 1 is 1.27 bits per heavy atom. The van der Waals surface area contributed by atoms with Gasteiger partial charge in [-0.2, -0.15) is 0 Å². The number of amides is 1. The molecule has 2 fully saturated rings. The molecule has 1 aliphatic carbocycles. The van der Waals surface area contributed by atoms with Crippen molar-refractivity contribution in [3.8, 4) is 0 Å². The van der Waals surface area contributed by atoms with E-state index in [1.165, 1.54) is 0 Å². The summed E-state index contributed by atoms with van der Waals surface area (Å²) in [5, 5.41) is 12.7. The van der Waals surface area contributed by atoms with E-state index in [1.807, 2.05) is 18.3 Å². The number of carbonyl (C=O) groups excluding carboxylic acids is 1. The number of rotatable bonds is 4. The van der Waals surface area contributed by atoms with E-state index in [9.17, 15) is 9.90 Å². The first-order valence-corrected chi connectivity index (χ1v) is 8.31. The maximum absolute atomic E-state index is 12.2. The molecule has 22 heavy (non-hydrogen) atoms.